The normalized spacial score (nSPS) is 18.5. The van der Waals surface area contributed by atoms with Gasteiger partial charge in [-0.05, 0) is 24.2 Å². The molecule has 0 bridgehead atoms. The predicted molar refractivity (Wildman–Crippen MR) is 81.0 cm³/mol. The van der Waals surface area contributed by atoms with Crippen LogP contribution < -0.4 is 0 Å². The van der Waals surface area contributed by atoms with Gasteiger partial charge >= 0.3 is 0 Å². The first kappa shape index (κ1) is 13.7. The molecule has 0 N–H and O–H groups in total. The van der Waals surface area contributed by atoms with Gasteiger partial charge in [0.1, 0.15) is 0 Å². The molecule has 0 unspecified atom stereocenters. The number of benzene rings is 1. The second-order valence-corrected chi connectivity index (χ2v) is 5.51. The van der Waals surface area contributed by atoms with E-state index >= 15 is 0 Å². The minimum absolute atomic E-state index is 0.351. The average Bonchev–Trinajstić information content (AvgIpc) is 2.89. The van der Waals surface area contributed by atoms with Gasteiger partial charge < -0.3 is 4.74 Å². The van der Waals surface area contributed by atoms with E-state index in [9.17, 15) is 0 Å². The van der Waals surface area contributed by atoms with Crippen molar-refractivity contribution in [3.8, 4) is 0 Å². The summed E-state index contributed by atoms with van der Waals surface area (Å²) in [7, 11) is 0. The summed E-state index contributed by atoms with van der Waals surface area (Å²) < 4.78 is 5.80. The highest BCUT2D eigenvalue weighted by molar-refractivity contribution is 7.80. The molecule has 1 aliphatic rings. The smallest absolute Gasteiger partial charge is 0.0650 e. The highest BCUT2D eigenvalue weighted by Crippen LogP contribution is 2.39. The van der Waals surface area contributed by atoms with Crippen LogP contribution >= 0.6 is 12.6 Å². The topological polar surface area (TPSA) is 9.23 Å². The third-order valence-corrected chi connectivity index (χ3v) is 4.40. The Morgan fingerprint density at radius 1 is 1.17 bits per heavy atom. The van der Waals surface area contributed by atoms with Crippen molar-refractivity contribution in [3.05, 3.63) is 42.0 Å². The van der Waals surface area contributed by atoms with Gasteiger partial charge in [0, 0.05) is 5.41 Å². The standard InChI is InChI=1S/C16H22OS/c18-14-16(10-4-5-11-16)13-17-12-6-9-15-7-2-1-3-8-15/h1-3,6-9,18H,4-5,10-14H2. The Kier molecular flexibility index (Phi) is 5.33. The molecule has 98 valence electrons. The van der Waals surface area contributed by atoms with Gasteiger partial charge in [-0.2, -0.15) is 12.6 Å². The van der Waals surface area contributed by atoms with Gasteiger partial charge in [-0.3, -0.25) is 0 Å². The van der Waals surface area contributed by atoms with Crippen molar-refractivity contribution in [1.29, 1.82) is 0 Å². The van der Waals surface area contributed by atoms with Gasteiger partial charge in [0.15, 0.2) is 0 Å². The zero-order valence-electron chi connectivity index (χ0n) is 10.8. The first-order valence-corrected chi connectivity index (χ1v) is 7.38. The Labute approximate surface area is 116 Å². The molecule has 1 aromatic rings. The summed E-state index contributed by atoms with van der Waals surface area (Å²) in [6.07, 6.45) is 9.43. The lowest BCUT2D eigenvalue weighted by molar-refractivity contribution is 0.0772. The van der Waals surface area contributed by atoms with Gasteiger partial charge in [0.05, 0.1) is 13.2 Å². The number of ether oxygens (including phenoxy) is 1. The first-order valence-electron chi connectivity index (χ1n) is 6.75. The second-order valence-electron chi connectivity index (χ2n) is 5.19. The maximum absolute atomic E-state index is 5.80. The van der Waals surface area contributed by atoms with Crippen molar-refractivity contribution in [1.82, 2.24) is 0 Å². The van der Waals surface area contributed by atoms with Gasteiger partial charge in [0.2, 0.25) is 0 Å². The molecule has 1 aromatic carbocycles. The maximum Gasteiger partial charge on any atom is 0.0650 e. The van der Waals surface area contributed by atoms with E-state index in [1.165, 1.54) is 31.2 Å². The molecule has 0 aliphatic heterocycles. The largest absolute Gasteiger partial charge is 0.377 e. The van der Waals surface area contributed by atoms with Crippen LogP contribution in [0.2, 0.25) is 0 Å². The molecule has 0 saturated heterocycles. The van der Waals surface area contributed by atoms with E-state index in [4.69, 9.17) is 4.74 Å². The number of hydrogen-bond acceptors (Lipinski definition) is 2. The molecule has 0 radical (unpaired) electrons. The van der Waals surface area contributed by atoms with E-state index in [0.717, 1.165) is 12.4 Å². The molecular weight excluding hydrogens is 240 g/mol. The van der Waals surface area contributed by atoms with Gasteiger partial charge in [-0.25, -0.2) is 0 Å². The Morgan fingerprint density at radius 2 is 1.89 bits per heavy atom. The van der Waals surface area contributed by atoms with Crippen molar-refractivity contribution in [2.45, 2.75) is 25.7 Å². The molecule has 1 nitrogen and oxygen atoms in total. The third kappa shape index (κ3) is 3.89. The van der Waals surface area contributed by atoms with Crippen molar-refractivity contribution in [3.63, 3.8) is 0 Å². The zero-order valence-corrected chi connectivity index (χ0v) is 11.7. The summed E-state index contributed by atoms with van der Waals surface area (Å²) in [4.78, 5) is 0. The molecule has 2 rings (SSSR count). The highest BCUT2D eigenvalue weighted by atomic mass is 32.1. The molecule has 1 saturated carbocycles. The van der Waals surface area contributed by atoms with Crippen LogP contribution in [0.15, 0.2) is 36.4 Å². The average molecular weight is 262 g/mol. The minimum Gasteiger partial charge on any atom is -0.377 e. The monoisotopic (exact) mass is 262 g/mol. The van der Waals surface area contributed by atoms with Crippen LogP contribution in [0.4, 0.5) is 0 Å². The predicted octanol–water partition coefficient (Wildman–Crippen LogP) is 4.21. The Morgan fingerprint density at radius 3 is 2.56 bits per heavy atom. The first-order chi connectivity index (χ1) is 8.85. The van der Waals surface area contributed by atoms with Crippen molar-refractivity contribution in [2.24, 2.45) is 5.41 Å². The lowest BCUT2D eigenvalue weighted by Crippen LogP contribution is -2.25. The van der Waals surface area contributed by atoms with Gasteiger partial charge in [-0.1, -0.05) is 55.3 Å². The molecule has 0 aromatic heterocycles. The minimum atomic E-state index is 0.351. The lowest BCUT2D eigenvalue weighted by Gasteiger charge is -2.26. The maximum atomic E-state index is 5.80. The molecule has 0 amide bonds. The Bertz CT molecular complexity index is 366. The van der Waals surface area contributed by atoms with Gasteiger partial charge in [0.25, 0.3) is 0 Å². The van der Waals surface area contributed by atoms with Gasteiger partial charge in [-0.15, -0.1) is 0 Å². The molecule has 0 heterocycles. The van der Waals surface area contributed by atoms with E-state index in [0.29, 0.717) is 12.0 Å². The fourth-order valence-electron chi connectivity index (χ4n) is 2.56. The number of thiol groups is 1. The lowest BCUT2D eigenvalue weighted by atomic mass is 9.90. The zero-order chi connectivity index (χ0) is 12.7. The summed E-state index contributed by atoms with van der Waals surface area (Å²) in [6, 6.07) is 10.3. The fraction of sp³-hybridized carbons (Fsp3) is 0.500. The summed E-state index contributed by atoms with van der Waals surface area (Å²) in [5.74, 6) is 0.954. The van der Waals surface area contributed by atoms with Crippen LogP contribution in [0.25, 0.3) is 6.08 Å². The van der Waals surface area contributed by atoms with Crippen LogP contribution in [0, 0.1) is 5.41 Å². The van der Waals surface area contributed by atoms with Crippen LogP contribution in [-0.2, 0) is 4.74 Å². The number of rotatable bonds is 6. The van der Waals surface area contributed by atoms with Crippen molar-refractivity contribution >= 4 is 18.7 Å². The van der Waals surface area contributed by atoms with E-state index in [-0.39, 0.29) is 0 Å². The van der Waals surface area contributed by atoms with Crippen LogP contribution in [0.5, 0.6) is 0 Å². The highest BCUT2D eigenvalue weighted by Gasteiger charge is 2.32. The molecule has 1 fully saturated rings. The van der Waals surface area contributed by atoms with Crippen molar-refractivity contribution in [2.75, 3.05) is 19.0 Å². The van der Waals surface area contributed by atoms with E-state index < -0.39 is 0 Å². The molecule has 0 spiro atoms. The Balaban J connectivity index is 1.71. The second kappa shape index (κ2) is 7.01. The summed E-state index contributed by atoms with van der Waals surface area (Å²) in [6.45, 7) is 1.56. The molecule has 2 heteroatoms. The molecule has 1 aliphatic carbocycles. The summed E-state index contributed by atoms with van der Waals surface area (Å²) >= 11 is 4.49. The summed E-state index contributed by atoms with van der Waals surface area (Å²) in [5, 5.41) is 0. The molecular formula is C16H22OS. The van der Waals surface area contributed by atoms with Crippen LogP contribution in [0.1, 0.15) is 31.2 Å². The van der Waals surface area contributed by atoms with E-state index in [1.54, 1.807) is 0 Å². The quantitative estimate of drug-likeness (QED) is 0.597. The number of hydrogen-bond donors (Lipinski definition) is 1. The van der Waals surface area contributed by atoms with Crippen LogP contribution in [0.3, 0.4) is 0 Å². The van der Waals surface area contributed by atoms with Crippen molar-refractivity contribution < 1.29 is 4.74 Å². The SMILES string of the molecule is SCC1(COCC=Cc2ccccc2)CCCC1. The van der Waals surface area contributed by atoms with Crippen LogP contribution in [-0.4, -0.2) is 19.0 Å². The Hall–Kier alpha value is -0.730. The van der Waals surface area contributed by atoms with E-state index in [1.807, 2.05) is 6.07 Å². The molecule has 18 heavy (non-hydrogen) atoms. The third-order valence-electron chi connectivity index (χ3n) is 3.73. The molecule has 0 atom stereocenters. The fourth-order valence-corrected chi connectivity index (χ4v) is 2.97. The van der Waals surface area contributed by atoms with E-state index in [2.05, 4.69) is 49.0 Å². The summed E-state index contributed by atoms with van der Waals surface area (Å²) in [5.41, 5.74) is 1.58.